The number of hydrogen-bond donors (Lipinski definition) is 2. The van der Waals surface area contributed by atoms with Crippen LogP contribution in [0.25, 0.3) is 22.0 Å². The fraction of sp³-hybridized carbons (Fsp3) is 0.258. The topological polar surface area (TPSA) is 132 Å². The van der Waals surface area contributed by atoms with Gasteiger partial charge in [0.15, 0.2) is 5.78 Å². The molecule has 4 aromatic rings. The van der Waals surface area contributed by atoms with Crippen LogP contribution in [-0.2, 0) is 21.9 Å². The van der Waals surface area contributed by atoms with Crippen molar-refractivity contribution in [2.24, 2.45) is 7.05 Å². The summed E-state index contributed by atoms with van der Waals surface area (Å²) in [5, 5.41) is 3.42. The molecule has 0 bridgehead atoms. The fourth-order valence-corrected chi connectivity index (χ4v) is 6.26. The van der Waals surface area contributed by atoms with E-state index in [2.05, 4.69) is 5.32 Å². The van der Waals surface area contributed by atoms with Crippen molar-refractivity contribution >= 4 is 44.1 Å². The maximum atomic E-state index is 14.0. The normalized spacial score (nSPS) is 13.1. The van der Waals surface area contributed by atoms with Crippen LogP contribution >= 0.6 is 0 Å². The first-order valence-corrected chi connectivity index (χ1v) is 14.8. The molecular weight excluding hydrogens is 544 g/mol. The Labute approximate surface area is 237 Å². The number of benzene rings is 3. The molecule has 0 saturated heterocycles. The van der Waals surface area contributed by atoms with E-state index < -0.39 is 21.6 Å². The van der Waals surface area contributed by atoms with E-state index in [1.807, 2.05) is 13.8 Å². The van der Waals surface area contributed by atoms with Crippen molar-refractivity contribution in [1.82, 2.24) is 4.57 Å². The minimum Gasteiger partial charge on any atom is -0.462 e. The number of aromatic nitrogens is 1. The zero-order chi connectivity index (χ0) is 29.6. The Morgan fingerprint density at radius 2 is 1.68 bits per heavy atom. The van der Waals surface area contributed by atoms with Crippen molar-refractivity contribution in [3.8, 4) is 11.1 Å². The second-order valence-electron chi connectivity index (χ2n) is 10.1. The molecule has 2 N–H and O–H groups in total. The van der Waals surface area contributed by atoms with Gasteiger partial charge >= 0.3 is 5.97 Å². The number of carbonyl (C=O) groups excluding carboxylic acids is 2. The second-order valence-corrected chi connectivity index (χ2v) is 11.5. The van der Waals surface area contributed by atoms with Crippen molar-refractivity contribution in [3.63, 3.8) is 0 Å². The predicted molar refractivity (Wildman–Crippen MR) is 157 cm³/mol. The molecule has 0 saturated carbocycles. The third-order valence-electron chi connectivity index (χ3n) is 7.55. The first-order chi connectivity index (χ1) is 19.5. The SMILES string of the molecule is CCCC(C)c1ccc(Nc2ccc3c4c2C(=O)c2ccccc2-c4c(C(=O)OCC)c(=O)n3C)c(S(=O)(=O)O)c1. The molecule has 0 fully saturated rings. The van der Waals surface area contributed by atoms with Crippen molar-refractivity contribution in [1.29, 1.82) is 0 Å². The molecule has 10 heteroatoms. The summed E-state index contributed by atoms with van der Waals surface area (Å²) in [5.41, 5.74) is 1.93. The summed E-state index contributed by atoms with van der Waals surface area (Å²) in [6, 6.07) is 14.7. The van der Waals surface area contributed by atoms with Gasteiger partial charge in [-0.3, -0.25) is 14.1 Å². The van der Waals surface area contributed by atoms with Gasteiger partial charge in [0, 0.05) is 23.6 Å². The first-order valence-electron chi connectivity index (χ1n) is 13.4. The number of ether oxygens (including phenoxy) is 1. The molecule has 1 aliphatic carbocycles. The highest BCUT2D eigenvalue weighted by molar-refractivity contribution is 7.86. The lowest BCUT2D eigenvalue weighted by Gasteiger charge is -2.25. The Balaban J connectivity index is 1.81. The Hall–Kier alpha value is -4.28. The highest BCUT2D eigenvalue weighted by atomic mass is 32.2. The number of esters is 1. The molecule has 1 unspecified atom stereocenters. The quantitative estimate of drug-likeness (QED) is 0.175. The average Bonchev–Trinajstić information content (AvgIpc) is 2.93. The van der Waals surface area contributed by atoms with Gasteiger partial charge in [-0.05, 0) is 54.7 Å². The first kappa shape index (κ1) is 28.3. The summed E-state index contributed by atoms with van der Waals surface area (Å²) in [7, 11) is -3.12. The number of fused-ring (bicyclic) bond motifs is 2. The maximum absolute atomic E-state index is 14.0. The number of hydrogen-bond acceptors (Lipinski definition) is 7. The number of rotatable bonds is 8. The summed E-state index contributed by atoms with van der Waals surface area (Å²) >= 11 is 0. The summed E-state index contributed by atoms with van der Waals surface area (Å²) in [4.78, 5) is 40.2. The fourth-order valence-electron chi connectivity index (χ4n) is 5.58. The van der Waals surface area contributed by atoms with E-state index in [4.69, 9.17) is 4.74 Å². The van der Waals surface area contributed by atoms with Gasteiger partial charge in [-0.1, -0.05) is 50.6 Å². The Kier molecular flexibility index (Phi) is 7.31. The second kappa shape index (κ2) is 10.6. The molecule has 5 rings (SSSR count). The zero-order valence-electron chi connectivity index (χ0n) is 23.1. The Morgan fingerprint density at radius 1 is 1.00 bits per heavy atom. The van der Waals surface area contributed by atoms with Crippen molar-refractivity contribution in [3.05, 3.63) is 87.2 Å². The largest absolute Gasteiger partial charge is 0.462 e. The minimum absolute atomic E-state index is 0.0553. The molecule has 1 aromatic heterocycles. The van der Waals surface area contributed by atoms with E-state index in [0.29, 0.717) is 16.5 Å². The summed E-state index contributed by atoms with van der Waals surface area (Å²) in [6.07, 6.45) is 1.75. The predicted octanol–water partition coefficient (Wildman–Crippen LogP) is 5.82. The molecule has 1 heterocycles. The van der Waals surface area contributed by atoms with Crippen molar-refractivity contribution < 1.29 is 27.3 Å². The Bertz CT molecular complexity index is 1910. The highest BCUT2D eigenvalue weighted by Crippen LogP contribution is 2.44. The molecule has 0 amide bonds. The van der Waals surface area contributed by atoms with Crippen molar-refractivity contribution in [2.75, 3.05) is 11.9 Å². The standard InChI is InChI=1S/C31H30N2O7S/c1-5-9-17(3)18-12-13-21(24(16-18)41(37,38)39)32-22-14-15-23-27-25(28(30(35)33(23)4)31(36)40-6-2)19-10-7-8-11-20(19)29(34)26(22)27/h7-8,10-17,32H,5-6,9H2,1-4H3,(H,37,38,39). The van der Waals surface area contributed by atoms with Gasteiger partial charge in [0.1, 0.15) is 10.5 Å². The van der Waals surface area contributed by atoms with Gasteiger partial charge in [0.05, 0.1) is 29.1 Å². The minimum atomic E-state index is -4.63. The molecule has 1 atom stereocenters. The molecule has 0 radical (unpaired) electrons. The van der Waals surface area contributed by atoms with Gasteiger partial charge in [-0.15, -0.1) is 0 Å². The number of nitrogens with one attached hydrogen (secondary N) is 1. The van der Waals surface area contributed by atoms with Crippen LogP contribution in [0.4, 0.5) is 11.4 Å². The number of anilines is 2. The zero-order valence-corrected chi connectivity index (χ0v) is 24.0. The molecule has 3 aromatic carbocycles. The number of aryl methyl sites for hydroxylation is 1. The van der Waals surface area contributed by atoms with E-state index in [1.165, 1.54) is 17.7 Å². The van der Waals surface area contributed by atoms with Crippen molar-refractivity contribution in [2.45, 2.75) is 44.4 Å². The van der Waals surface area contributed by atoms with Crippen LogP contribution in [0, 0.1) is 0 Å². The molecule has 41 heavy (non-hydrogen) atoms. The summed E-state index contributed by atoms with van der Waals surface area (Å²) in [5.74, 6) is -1.10. The third kappa shape index (κ3) is 4.72. The summed E-state index contributed by atoms with van der Waals surface area (Å²) in [6.45, 7) is 5.71. The van der Waals surface area contributed by atoms with Crippen LogP contribution in [0.15, 0.2) is 64.3 Å². The van der Waals surface area contributed by atoms with Crippen LogP contribution in [0.2, 0.25) is 0 Å². The number of ketones is 1. The van der Waals surface area contributed by atoms with Crippen LogP contribution < -0.4 is 10.9 Å². The van der Waals surface area contributed by atoms with Crippen LogP contribution in [-0.4, -0.2) is 35.9 Å². The summed E-state index contributed by atoms with van der Waals surface area (Å²) < 4.78 is 41.6. The lowest BCUT2D eigenvalue weighted by molar-refractivity contribution is 0.0524. The van der Waals surface area contributed by atoms with E-state index in [9.17, 15) is 27.4 Å². The van der Waals surface area contributed by atoms with Crippen LogP contribution in [0.3, 0.4) is 0 Å². The van der Waals surface area contributed by atoms with E-state index in [-0.39, 0.29) is 56.8 Å². The van der Waals surface area contributed by atoms with Crippen LogP contribution in [0.1, 0.15) is 71.4 Å². The third-order valence-corrected chi connectivity index (χ3v) is 8.45. The average molecular weight is 575 g/mol. The molecule has 9 nitrogen and oxygen atoms in total. The monoisotopic (exact) mass is 574 g/mol. The molecule has 212 valence electrons. The van der Waals surface area contributed by atoms with Gasteiger partial charge in [0.25, 0.3) is 15.7 Å². The lowest BCUT2D eigenvalue weighted by atomic mass is 9.81. The van der Waals surface area contributed by atoms with Gasteiger partial charge in [-0.25, -0.2) is 4.79 Å². The molecule has 1 aliphatic rings. The van der Waals surface area contributed by atoms with Gasteiger partial charge in [0.2, 0.25) is 0 Å². The van der Waals surface area contributed by atoms with Crippen LogP contribution in [0.5, 0.6) is 0 Å². The number of nitrogens with zero attached hydrogens (tertiary/aromatic N) is 1. The molecule has 0 aliphatic heterocycles. The highest BCUT2D eigenvalue weighted by Gasteiger charge is 2.34. The Morgan fingerprint density at radius 3 is 2.34 bits per heavy atom. The van der Waals surface area contributed by atoms with E-state index in [0.717, 1.165) is 18.4 Å². The van der Waals surface area contributed by atoms with E-state index in [1.54, 1.807) is 55.5 Å². The number of carbonyl (C=O) groups is 2. The van der Waals surface area contributed by atoms with Gasteiger partial charge < -0.3 is 14.6 Å². The molecule has 0 spiro atoms. The van der Waals surface area contributed by atoms with E-state index >= 15 is 0 Å². The molecular formula is C31H30N2O7S. The smallest absolute Gasteiger partial charge is 0.344 e. The maximum Gasteiger partial charge on any atom is 0.344 e. The number of pyridine rings is 1. The van der Waals surface area contributed by atoms with Gasteiger partial charge in [-0.2, -0.15) is 8.42 Å². The lowest BCUT2D eigenvalue weighted by Crippen LogP contribution is -2.29.